The first kappa shape index (κ1) is 20.5. The minimum Gasteiger partial charge on any atom is -0.396 e. The van der Waals surface area contributed by atoms with Crippen LogP contribution in [0.3, 0.4) is 0 Å². The molecule has 1 aromatic heterocycles. The number of aromatic nitrogens is 1. The number of para-hydroxylation sites is 1. The number of thiazole rings is 1. The van der Waals surface area contributed by atoms with Gasteiger partial charge in [0.15, 0.2) is 5.13 Å². The van der Waals surface area contributed by atoms with Gasteiger partial charge in [0.2, 0.25) is 0 Å². The molecule has 1 heterocycles. The lowest BCUT2D eigenvalue weighted by Gasteiger charge is -2.14. The molecule has 1 atom stereocenters. The quantitative estimate of drug-likeness (QED) is 0.369. The molecule has 0 fully saturated rings. The molecule has 3 aromatic rings. The van der Waals surface area contributed by atoms with E-state index in [2.05, 4.69) is 10.3 Å². The summed E-state index contributed by atoms with van der Waals surface area (Å²) in [5.41, 5.74) is 2.30. The highest BCUT2D eigenvalue weighted by Crippen LogP contribution is 2.30. The van der Waals surface area contributed by atoms with Gasteiger partial charge in [-0.05, 0) is 18.6 Å². The van der Waals surface area contributed by atoms with E-state index in [0.717, 1.165) is 11.3 Å². The summed E-state index contributed by atoms with van der Waals surface area (Å²) >= 11 is 13.4. The van der Waals surface area contributed by atoms with E-state index in [1.54, 1.807) is 30.3 Å². The molecule has 0 aliphatic carbocycles. The minimum absolute atomic E-state index is 0.0668. The molecule has 2 aromatic carbocycles. The van der Waals surface area contributed by atoms with Crippen LogP contribution >= 0.6 is 34.5 Å². The lowest BCUT2D eigenvalue weighted by molar-refractivity contribution is -0.385. The van der Waals surface area contributed by atoms with Gasteiger partial charge in [0.05, 0.1) is 20.7 Å². The van der Waals surface area contributed by atoms with Crippen molar-refractivity contribution in [1.82, 2.24) is 4.98 Å². The Morgan fingerprint density at radius 1 is 1.21 bits per heavy atom. The summed E-state index contributed by atoms with van der Waals surface area (Å²) < 4.78 is 0. The highest BCUT2D eigenvalue weighted by molar-refractivity contribution is 7.14. The Labute approximate surface area is 175 Å². The van der Waals surface area contributed by atoms with E-state index in [-0.39, 0.29) is 18.2 Å². The molecule has 0 radical (unpaired) electrons. The van der Waals surface area contributed by atoms with E-state index in [0.29, 0.717) is 33.7 Å². The molecular formula is C19H17Cl2N3O3S. The van der Waals surface area contributed by atoms with Crippen molar-refractivity contribution in [1.29, 1.82) is 0 Å². The van der Waals surface area contributed by atoms with Crippen LogP contribution in [0.15, 0.2) is 47.8 Å². The van der Waals surface area contributed by atoms with Crippen molar-refractivity contribution in [2.45, 2.75) is 6.42 Å². The molecular weight excluding hydrogens is 421 g/mol. The number of nitro benzene ring substituents is 1. The predicted molar refractivity (Wildman–Crippen MR) is 113 cm³/mol. The summed E-state index contributed by atoms with van der Waals surface area (Å²) in [6.07, 6.45) is 0.395. The largest absolute Gasteiger partial charge is 0.396 e. The van der Waals surface area contributed by atoms with Crippen molar-refractivity contribution in [2.75, 3.05) is 18.5 Å². The van der Waals surface area contributed by atoms with Crippen LogP contribution in [0.1, 0.15) is 5.56 Å². The third-order valence-electron chi connectivity index (χ3n) is 4.22. The first-order valence-electron chi connectivity index (χ1n) is 8.46. The molecule has 0 aliphatic heterocycles. The lowest BCUT2D eigenvalue weighted by atomic mass is 9.99. The smallest absolute Gasteiger partial charge is 0.272 e. The molecule has 0 saturated heterocycles. The zero-order chi connectivity index (χ0) is 20.1. The normalized spacial score (nSPS) is 12.0. The number of hydrogen-bond acceptors (Lipinski definition) is 6. The van der Waals surface area contributed by atoms with Crippen LogP contribution in [0.4, 0.5) is 10.8 Å². The Kier molecular flexibility index (Phi) is 6.85. The van der Waals surface area contributed by atoms with Gasteiger partial charge >= 0.3 is 0 Å². The van der Waals surface area contributed by atoms with Crippen LogP contribution in [0.5, 0.6) is 0 Å². The predicted octanol–water partition coefficient (Wildman–Crippen LogP) is 5.29. The van der Waals surface area contributed by atoms with Crippen LogP contribution in [-0.4, -0.2) is 28.2 Å². The summed E-state index contributed by atoms with van der Waals surface area (Å²) in [5, 5.41) is 27.6. The summed E-state index contributed by atoms with van der Waals surface area (Å²) in [6, 6.07) is 11.9. The Morgan fingerprint density at radius 2 is 2.00 bits per heavy atom. The second-order valence-electron chi connectivity index (χ2n) is 6.19. The average molecular weight is 438 g/mol. The number of benzene rings is 2. The van der Waals surface area contributed by atoms with E-state index in [1.807, 2.05) is 11.4 Å². The van der Waals surface area contributed by atoms with E-state index >= 15 is 0 Å². The second-order valence-corrected chi connectivity index (χ2v) is 7.86. The van der Waals surface area contributed by atoms with Gasteiger partial charge in [-0.15, -0.1) is 11.3 Å². The van der Waals surface area contributed by atoms with Crippen molar-refractivity contribution in [3.8, 4) is 11.3 Å². The van der Waals surface area contributed by atoms with Gasteiger partial charge < -0.3 is 10.4 Å². The number of nitro groups is 1. The third-order valence-corrected chi connectivity index (χ3v) is 5.76. The Hall–Kier alpha value is -2.19. The fourth-order valence-electron chi connectivity index (χ4n) is 2.75. The highest BCUT2D eigenvalue weighted by Gasteiger charge is 2.17. The van der Waals surface area contributed by atoms with Crippen LogP contribution in [-0.2, 0) is 6.42 Å². The Balaban J connectivity index is 1.65. The third kappa shape index (κ3) is 4.99. The minimum atomic E-state index is -0.401. The molecule has 0 amide bonds. The van der Waals surface area contributed by atoms with E-state index in [1.165, 1.54) is 17.4 Å². The van der Waals surface area contributed by atoms with E-state index in [9.17, 15) is 15.2 Å². The maximum Gasteiger partial charge on any atom is 0.272 e. The lowest BCUT2D eigenvalue weighted by Crippen LogP contribution is -2.20. The van der Waals surface area contributed by atoms with Gasteiger partial charge in [0.25, 0.3) is 5.69 Å². The van der Waals surface area contributed by atoms with Crippen molar-refractivity contribution < 1.29 is 10.0 Å². The zero-order valence-electron chi connectivity index (χ0n) is 14.6. The van der Waals surface area contributed by atoms with Gasteiger partial charge in [-0.2, -0.15) is 0 Å². The van der Waals surface area contributed by atoms with Gasteiger partial charge in [-0.25, -0.2) is 4.98 Å². The standard InChI is InChI=1S/C19H17Cl2N3O3S/c20-15-6-5-13(8-16(15)21)17-11-28-19(23-17)22-9-12(10-25)7-14-3-1-2-4-18(14)24(26)27/h1-6,8,11-12,25H,7,9-10H2,(H,22,23). The van der Waals surface area contributed by atoms with Crippen LogP contribution in [0.2, 0.25) is 10.0 Å². The number of aliphatic hydroxyl groups is 1. The number of hydrogen-bond donors (Lipinski definition) is 2. The molecule has 0 saturated carbocycles. The van der Waals surface area contributed by atoms with Gasteiger partial charge in [-0.1, -0.05) is 47.5 Å². The maximum atomic E-state index is 11.2. The highest BCUT2D eigenvalue weighted by atomic mass is 35.5. The number of anilines is 1. The Morgan fingerprint density at radius 3 is 2.71 bits per heavy atom. The van der Waals surface area contributed by atoms with Gasteiger partial charge in [0, 0.05) is 41.6 Å². The van der Waals surface area contributed by atoms with Crippen LogP contribution < -0.4 is 5.32 Å². The molecule has 0 spiro atoms. The zero-order valence-corrected chi connectivity index (χ0v) is 17.0. The number of nitrogens with zero attached hydrogens (tertiary/aromatic N) is 2. The molecule has 9 heteroatoms. The van der Waals surface area contributed by atoms with Gasteiger partial charge in [-0.3, -0.25) is 10.1 Å². The van der Waals surface area contributed by atoms with E-state index < -0.39 is 4.92 Å². The molecule has 0 aliphatic rings. The molecule has 2 N–H and O–H groups in total. The average Bonchev–Trinajstić information content (AvgIpc) is 3.16. The molecule has 3 rings (SSSR count). The summed E-state index contributed by atoms with van der Waals surface area (Å²) in [5.74, 6) is -0.182. The molecule has 28 heavy (non-hydrogen) atoms. The van der Waals surface area contributed by atoms with Crippen molar-refractivity contribution in [3.63, 3.8) is 0 Å². The monoisotopic (exact) mass is 437 g/mol. The number of aliphatic hydroxyl groups excluding tert-OH is 1. The topological polar surface area (TPSA) is 88.3 Å². The maximum absolute atomic E-state index is 11.2. The summed E-state index contributed by atoms with van der Waals surface area (Å²) in [7, 11) is 0. The number of halogens is 2. The van der Waals surface area contributed by atoms with Crippen LogP contribution in [0.25, 0.3) is 11.3 Å². The summed E-state index contributed by atoms with van der Waals surface area (Å²) in [6.45, 7) is 0.348. The van der Waals surface area contributed by atoms with Gasteiger partial charge in [0.1, 0.15) is 0 Å². The first-order valence-corrected chi connectivity index (χ1v) is 10.1. The number of rotatable bonds is 8. The first-order chi connectivity index (χ1) is 13.5. The molecule has 146 valence electrons. The fraction of sp³-hybridized carbons (Fsp3) is 0.211. The van der Waals surface area contributed by atoms with Crippen molar-refractivity contribution >= 4 is 45.4 Å². The SMILES string of the molecule is O=[N+]([O-])c1ccccc1CC(CO)CNc1nc(-c2ccc(Cl)c(Cl)c2)cs1. The number of nitrogens with one attached hydrogen (secondary N) is 1. The van der Waals surface area contributed by atoms with E-state index in [4.69, 9.17) is 23.2 Å². The van der Waals surface area contributed by atoms with Crippen molar-refractivity contribution in [2.24, 2.45) is 5.92 Å². The molecule has 0 bridgehead atoms. The fourth-order valence-corrected chi connectivity index (χ4v) is 3.78. The van der Waals surface area contributed by atoms with Crippen LogP contribution in [0, 0.1) is 16.0 Å². The second kappa shape index (κ2) is 9.34. The summed E-state index contributed by atoms with van der Waals surface area (Å²) in [4.78, 5) is 15.3. The molecule has 6 nitrogen and oxygen atoms in total. The van der Waals surface area contributed by atoms with Crippen molar-refractivity contribution in [3.05, 3.63) is 73.6 Å². The Bertz CT molecular complexity index is 981. The molecule has 1 unspecified atom stereocenters.